The van der Waals surface area contributed by atoms with E-state index in [0.717, 1.165) is 25.3 Å². The molecule has 0 fully saturated rings. The third kappa shape index (κ3) is 5.78. The fraction of sp³-hybridized carbons (Fsp3) is 0.571. The highest BCUT2D eigenvalue weighted by Gasteiger charge is 2.07. The normalized spacial score (nSPS) is 12.7. The Labute approximate surface area is 101 Å². The molecule has 0 radical (unpaired) electrons. The van der Waals surface area contributed by atoms with Crippen molar-refractivity contribution in [3.63, 3.8) is 0 Å². The van der Waals surface area contributed by atoms with E-state index >= 15 is 0 Å². The third-order valence-corrected chi connectivity index (χ3v) is 2.78. The van der Waals surface area contributed by atoms with E-state index in [-0.39, 0.29) is 0 Å². The number of aliphatic hydroxyl groups is 1. The lowest BCUT2D eigenvalue weighted by Gasteiger charge is -2.10. The lowest BCUT2D eigenvalue weighted by atomic mass is 10.0. The van der Waals surface area contributed by atoms with Crippen molar-refractivity contribution < 1.29 is 13.9 Å². The zero-order valence-corrected chi connectivity index (χ0v) is 10.3. The van der Waals surface area contributed by atoms with Crippen LogP contribution in [0.15, 0.2) is 18.2 Å². The van der Waals surface area contributed by atoms with Crippen LogP contribution in [0.4, 0.5) is 8.78 Å². The van der Waals surface area contributed by atoms with Gasteiger partial charge < -0.3 is 5.11 Å². The summed E-state index contributed by atoms with van der Waals surface area (Å²) in [5.41, 5.74) is 0.519. The molecule has 1 aromatic carbocycles. The highest BCUT2D eigenvalue weighted by Crippen LogP contribution is 2.13. The van der Waals surface area contributed by atoms with Gasteiger partial charge in [-0.05, 0) is 30.5 Å². The number of aliphatic hydroxyl groups excluding tert-OH is 1. The first-order chi connectivity index (χ1) is 8.11. The van der Waals surface area contributed by atoms with Crippen molar-refractivity contribution >= 4 is 0 Å². The molecule has 1 unspecified atom stereocenters. The Kier molecular flexibility index (Phi) is 6.12. The van der Waals surface area contributed by atoms with E-state index < -0.39 is 17.7 Å². The molecule has 1 N–H and O–H groups in total. The van der Waals surface area contributed by atoms with Crippen molar-refractivity contribution in [1.82, 2.24) is 0 Å². The minimum atomic E-state index is -0.585. The lowest BCUT2D eigenvalue weighted by molar-refractivity contribution is 0.161. The molecule has 1 nitrogen and oxygen atoms in total. The quantitative estimate of drug-likeness (QED) is 0.720. The first-order valence-corrected chi connectivity index (χ1v) is 6.25. The van der Waals surface area contributed by atoms with Crippen LogP contribution in [0.5, 0.6) is 0 Å². The topological polar surface area (TPSA) is 20.2 Å². The van der Waals surface area contributed by atoms with E-state index in [2.05, 4.69) is 6.92 Å². The summed E-state index contributed by atoms with van der Waals surface area (Å²) in [5, 5.41) is 9.74. The summed E-state index contributed by atoms with van der Waals surface area (Å²) in [4.78, 5) is 0. The standard InChI is InChI=1S/C14H20F2O/c1-2-3-4-5-6-14(17)9-11-7-12(15)10-13(16)8-11/h7-8,10,14,17H,2-6,9H2,1H3. The predicted octanol–water partition coefficient (Wildman–Crippen LogP) is 3.84. The predicted molar refractivity (Wildman–Crippen MR) is 64.8 cm³/mol. The number of benzene rings is 1. The lowest BCUT2D eigenvalue weighted by Crippen LogP contribution is -2.10. The van der Waals surface area contributed by atoms with Crippen LogP contribution in [0.2, 0.25) is 0 Å². The van der Waals surface area contributed by atoms with Gasteiger partial charge in [-0.25, -0.2) is 8.78 Å². The van der Waals surface area contributed by atoms with Gasteiger partial charge in [0.25, 0.3) is 0 Å². The number of unbranched alkanes of at least 4 members (excludes halogenated alkanes) is 3. The van der Waals surface area contributed by atoms with E-state index in [9.17, 15) is 13.9 Å². The Morgan fingerprint density at radius 1 is 1.06 bits per heavy atom. The average Bonchev–Trinajstić information content (AvgIpc) is 2.23. The van der Waals surface area contributed by atoms with Crippen LogP contribution in [0.3, 0.4) is 0 Å². The number of rotatable bonds is 7. The van der Waals surface area contributed by atoms with Gasteiger partial charge in [0.2, 0.25) is 0 Å². The van der Waals surface area contributed by atoms with Gasteiger partial charge in [-0.1, -0.05) is 32.6 Å². The summed E-state index contributed by atoms with van der Waals surface area (Å²) in [6, 6.07) is 3.40. The van der Waals surface area contributed by atoms with E-state index in [1.165, 1.54) is 18.6 Å². The molecule has 0 amide bonds. The molecule has 0 aromatic heterocycles. The second-order valence-electron chi connectivity index (χ2n) is 4.48. The summed E-state index contributed by atoms with van der Waals surface area (Å²) < 4.78 is 25.8. The number of hydrogen-bond donors (Lipinski definition) is 1. The molecule has 0 aliphatic rings. The summed E-state index contributed by atoms with van der Waals surface area (Å²) in [6.07, 6.45) is 4.90. The van der Waals surface area contributed by atoms with E-state index in [0.29, 0.717) is 18.4 Å². The van der Waals surface area contributed by atoms with Crippen LogP contribution in [0, 0.1) is 11.6 Å². The van der Waals surface area contributed by atoms with Crippen molar-refractivity contribution in [1.29, 1.82) is 0 Å². The Morgan fingerprint density at radius 2 is 1.71 bits per heavy atom. The first-order valence-electron chi connectivity index (χ1n) is 6.25. The van der Waals surface area contributed by atoms with Gasteiger partial charge in [-0.2, -0.15) is 0 Å². The minimum Gasteiger partial charge on any atom is -0.393 e. The highest BCUT2D eigenvalue weighted by molar-refractivity contribution is 5.18. The largest absolute Gasteiger partial charge is 0.393 e. The van der Waals surface area contributed by atoms with Gasteiger partial charge >= 0.3 is 0 Å². The minimum absolute atomic E-state index is 0.320. The van der Waals surface area contributed by atoms with Crippen LogP contribution < -0.4 is 0 Å². The van der Waals surface area contributed by atoms with Gasteiger partial charge in [0.1, 0.15) is 11.6 Å². The number of hydrogen-bond acceptors (Lipinski definition) is 1. The van der Waals surface area contributed by atoms with Crippen molar-refractivity contribution in [2.75, 3.05) is 0 Å². The molecular weight excluding hydrogens is 222 g/mol. The molecule has 0 heterocycles. The van der Waals surface area contributed by atoms with Crippen molar-refractivity contribution in [2.45, 2.75) is 51.6 Å². The molecule has 1 atom stereocenters. The van der Waals surface area contributed by atoms with Gasteiger partial charge in [-0.3, -0.25) is 0 Å². The highest BCUT2D eigenvalue weighted by atomic mass is 19.1. The molecule has 0 spiro atoms. The maximum absolute atomic E-state index is 12.9. The maximum atomic E-state index is 12.9. The second kappa shape index (κ2) is 7.38. The summed E-state index contributed by atoms with van der Waals surface area (Å²) >= 11 is 0. The fourth-order valence-electron chi connectivity index (χ4n) is 1.91. The first kappa shape index (κ1) is 14.1. The zero-order valence-electron chi connectivity index (χ0n) is 10.3. The van der Waals surface area contributed by atoms with Gasteiger partial charge in [-0.15, -0.1) is 0 Å². The molecule has 0 aliphatic heterocycles. The SMILES string of the molecule is CCCCCCC(O)Cc1cc(F)cc(F)c1. The average molecular weight is 242 g/mol. The fourth-order valence-corrected chi connectivity index (χ4v) is 1.91. The van der Waals surface area contributed by atoms with E-state index in [1.807, 2.05) is 0 Å². The maximum Gasteiger partial charge on any atom is 0.126 e. The Bertz CT molecular complexity index is 319. The Morgan fingerprint density at radius 3 is 2.29 bits per heavy atom. The van der Waals surface area contributed by atoms with Crippen molar-refractivity contribution in [2.24, 2.45) is 0 Å². The summed E-state index contributed by atoms with van der Waals surface area (Å²) in [7, 11) is 0. The molecule has 0 saturated heterocycles. The van der Waals surface area contributed by atoms with Crippen molar-refractivity contribution in [3.05, 3.63) is 35.4 Å². The molecule has 1 rings (SSSR count). The molecule has 3 heteroatoms. The smallest absolute Gasteiger partial charge is 0.126 e. The van der Waals surface area contributed by atoms with Crippen LogP contribution in [0.1, 0.15) is 44.6 Å². The van der Waals surface area contributed by atoms with Gasteiger partial charge in [0.05, 0.1) is 6.10 Å². The van der Waals surface area contributed by atoms with Crippen LogP contribution >= 0.6 is 0 Å². The van der Waals surface area contributed by atoms with Gasteiger partial charge in [0.15, 0.2) is 0 Å². The van der Waals surface area contributed by atoms with Crippen LogP contribution in [0.25, 0.3) is 0 Å². The Hall–Kier alpha value is -0.960. The van der Waals surface area contributed by atoms with E-state index in [4.69, 9.17) is 0 Å². The van der Waals surface area contributed by atoms with E-state index in [1.54, 1.807) is 0 Å². The molecular formula is C14H20F2O. The number of halogens is 2. The molecule has 0 bridgehead atoms. The zero-order chi connectivity index (χ0) is 12.7. The van der Waals surface area contributed by atoms with Crippen molar-refractivity contribution in [3.8, 4) is 0 Å². The second-order valence-corrected chi connectivity index (χ2v) is 4.48. The molecule has 0 aliphatic carbocycles. The molecule has 96 valence electrons. The summed E-state index contributed by atoms with van der Waals surface area (Å²) in [6.45, 7) is 2.13. The Balaban J connectivity index is 2.36. The molecule has 1 aromatic rings. The van der Waals surface area contributed by atoms with Gasteiger partial charge in [0, 0.05) is 6.07 Å². The van der Waals surface area contributed by atoms with Crippen LogP contribution in [-0.2, 0) is 6.42 Å². The monoisotopic (exact) mass is 242 g/mol. The third-order valence-electron chi connectivity index (χ3n) is 2.78. The summed E-state index contributed by atoms with van der Waals surface area (Å²) in [5.74, 6) is -1.17. The molecule has 17 heavy (non-hydrogen) atoms. The molecule has 0 saturated carbocycles. The van der Waals surface area contributed by atoms with Crippen LogP contribution in [-0.4, -0.2) is 11.2 Å².